The molecule has 0 aromatic heterocycles. The fraction of sp³-hybridized carbons (Fsp3) is 0.684. The van der Waals surface area contributed by atoms with Gasteiger partial charge in [0.1, 0.15) is 0 Å². The van der Waals surface area contributed by atoms with Crippen LogP contribution in [0.15, 0.2) is 29.2 Å². The minimum absolute atomic E-state index is 0.0101. The van der Waals surface area contributed by atoms with Crippen molar-refractivity contribution in [3.05, 3.63) is 29.8 Å². The van der Waals surface area contributed by atoms with Crippen molar-refractivity contribution in [2.75, 3.05) is 20.3 Å². The van der Waals surface area contributed by atoms with E-state index < -0.39 is 10.0 Å². The van der Waals surface area contributed by atoms with Gasteiger partial charge in [-0.05, 0) is 48.3 Å². The molecule has 0 aliphatic carbocycles. The Balaban J connectivity index is 2.23. The first kappa shape index (κ1) is 19.4. The highest BCUT2D eigenvalue weighted by molar-refractivity contribution is 7.89. The van der Waals surface area contributed by atoms with Crippen LogP contribution in [0.2, 0.25) is 0 Å². The molecule has 0 spiro atoms. The molecular formula is C19H31NO3S. The SMILES string of the molecule is CC(C)CC1COCCC1N(C)S(=O)(=O)c1ccc(C(C)C)cc1. The van der Waals surface area contributed by atoms with Crippen LogP contribution in [0.5, 0.6) is 0 Å². The van der Waals surface area contributed by atoms with E-state index in [9.17, 15) is 8.42 Å². The summed E-state index contributed by atoms with van der Waals surface area (Å²) < 4.78 is 33.2. The quantitative estimate of drug-likeness (QED) is 0.780. The fourth-order valence-corrected chi connectivity index (χ4v) is 4.91. The third-order valence-corrected chi connectivity index (χ3v) is 6.80. The smallest absolute Gasteiger partial charge is 0.243 e. The van der Waals surface area contributed by atoms with Crippen LogP contribution in [-0.2, 0) is 14.8 Å². The molecule has 1 saturated heterocycles. The van der Waals surface area contributed by atoms with Crippen molar-refractivity contribution in [3.8, 4) is 0 Å². The first-order chi connectivity index (χ1) is 11.2. The lowest BCUT2D eigenvalue weighted by Gasteiger charge is -2.38. The summed E-state index contributed by atoms with van der Waals surface area (Å²) >= 11 is 0. The van der Waals surface area contributed by atoms with Crippen LogP contribution in [0.25, 0.3) is 0 Å². The van der Waals surface area contributed by atoms with Gasteiger partial charge in [0.2, 0.25) is 10.0 Å². The van der Waals surface area contributed by atoms with E-state index in [0.717, 1.165) is 18.4 Å². The van der Waals surface area contributed by atoms with Crippen molar-refractivity contribution in [2.24, 2.45) is 11.8 Å². The van der Waals surface area contributed by atoms with Gasteiger partial charge in [0.25, 0.3) is 0 Å². The van der Waals surface area contributed by atoms with E-state index in [1.807, 2.05) is 12.1 Å². The molecule has 0 N–H and O–H groups in total. The number of sulfonamides is 1. The van der Waals surface area contributed by atoms with Gasteiger partial charge in [-0.2, -0.15) is 4.31 Å². The van der Waals surface area contributed by atoms with Gasteiger partial charge in [-0.25, -0.2) is 8.42 Å². The van der Waals surface area contributed by atoms with Crippen molar-refractivity contribution in [1.29, 1.82) is 0 Å². The van der Waals surface area contributed by atoms with Crippen LogP contribution >= 0.6 is 0 Å². The molecule has 136 valence electrons. The molecular weight excluding hydrogens is 322 g/mol. The zero-order chi connectivity index (χ0) is 17.9. The Labute approximate surface area is 147 Å². The molecule has 5 heteroatoms. The molecule has 2 rings (SSSR count). The lowest BCUT2D eigenvalue weighted by Crippen LogP contribution is -2.46. The summed E-state index contributed by atoms with van der Waals surface area (Å²) in [6.07, 6.45) is 1.74. The molecule has 1 heterocycles. The van der Waals surface area contributed by atoms with Gasteiger partial charge >= 0.3 is 0 Å². The largest absolute Gasteiger partial charge is 0.381 e. The molecule has 0 amide bonds. The molecule has 1 aliphatic heterocycles. The summed E-state index contributed by atoms with van der Waals surface area (Å²) in [5.74, 6) is 1.18. The normalized spacial score (nSPS) is 22.5. The lowest BCUT2D eigenvalue weighted by molar-refractivity contribution is 0.00747. The summed E-state index contributed by atoms with van der Waals surface area (Å²) in [5.41, 5.74) is 1.15. The van der Waals surface area contributed by atoms with Crippen molar-refractivity contribution < 1.29 is 13.2 Å². The standard InChI is InChI=1S/C19H31NO3S/c1-14(2)12-17-13-23-11-10-19(17)20(5)24(21,22)18-8-6-16(7-9-18)15(3)4/h6-9,14-15,17,19H,10-13H2,1-5H3. The highest BCUT2D eigenvalue weighted by Crippen LogP contribution is 2.29. The average molecular weight is 354 g/mol. The van der Waals surface area contributed by atoms with Gasteiger partial charge < -0.3 is 4.74 Å². The Morgan fingerprint density at radius 1 is 1.17 bits per heavy atom. The molecule has 24 heavy (non-hydrogen) atoms. The zero-order valence-electron chi connectivity index (χ0n) is 15.5. The minimum atomic E-state index is -3.47. The lowest BCUT2D eigenvalue weighted by atomic mass is 9.88. The summed E-state index contributed by atoms with van der Waals surface area (Å²) in [4.78, 5) is 0.379. The van der Waals surface area contributed by atoms with E-state index >= 15 is 0 Å². The third-order valence-electron chi connectivity index (χ3n) is 4.90. The minimum Gasteiger partial charge on any atom is -0.381 e. The average Bonchev–Trinajstić information content (AvgIpc) is 2.54. The van der Waals surface area contributed by atoms with E-state index in [-0.39, 0.29) is 12.0 Å². The second-order valence-electron chi connectivity index (χ2n) is 7.57. The zero-order valence-corrected chi connectivity index (χ0v) is 16.3. The maximum absolute atomic E-state index is 13.0. The van der Waals surface area contributed by atoms with Crippen molar-refractivity contribution in [1.82, 2.24) is 4.31 Å². The van der Waals surface area contributed by atoms with Gasteiger partial charge in [-0.15, -0.1) is 0 Å². The Bertz CT molecular complexity index is 623. The van der Waals surface area contributed by atoms with E-state index in [1.54, 1.807) is 23.5 Å². The predicted octanol–water partition coefficient (Wildman–Crippen LogP) is 3.88. The molecule has 1 fully saturated rings. The third kappa shape index (κ3) is 4.38. The van der Waals surface area contributed by atoms with Crippen molar-refractivity contribution in [2.45, 2.75) is 57.4 Å². The Kier molecular flexibility index (Phi) is 6.46. The number of nitrogens with zero attached hydrogens (tertiary/aromatic N) is 1. The number of ether oxygens (including phenoxy) is 1. The summed E-state index contributed by atoms with van der Waals surface area (Å²) in [5, 5.41) is 0. The number of benzene rings is 1. The van der Waals surface area contributed by atoms with E-state index in [1.165, 1.54) is 0 Å². The van der Waals surface area contributed by atoms with Crippen LogP contribution in [-0.4, -0.2) is 39.0 Å². The molecule has 4 nitrogen and oxygen atoms in total. The van der Waals surface area contributed by atoms with Crippen molar-refractivity contribution in [3.63, 3.8) is 0 Å². The molecule has 0 bridgehead atoms. The molecule has 2 unspecified atom stereocenters. The Morgan fingerprint density at radius 2 is 1.79 bits per heavy atom. The molecule has 1 aromatic carbocycles. The van der Waals surface area contributed by atoms with E-state index in [2.05, 4.69) is 27.7 Å². The van der Waals surface area contributed by atoms with Crippen LogP contribution < -0.4 is 0 Å². The van der Waals surface area contributed by atoms with Gasteiger partial charge in [-0.1, -0.05) is 39.8 Å². The predicted molar refractivity (Wildman–Crippen MR) is 97.6 cm³/mol. The summed E-state index contributed by atoms with van der Waals surface area (Å²) in [6, 6.07) is 7.31. The van der Waals surface area contributed by atoms with Gasteiger partial charge in [0, 0.05) is 19.7 Å². The molecule has 0 saturated carbocycles. The summed E-state index contributed by atoms with van der Waals surface area (Å²) in [7, 11) is -1.75. The van der Waals surface area contributed by atoms with Gasteiger partial charge in [-0.3, -0.25) is 0 Å². The number of hydrogen-bond acceptors (Lipinski definition) is 3. The number of rotatable bonds is 6. The van der Waals surface area contributed by atoms with Crippen LogP contribution in [0.4, 0.5) is 0 Å². The summed E-state index contributed by atoms with van der Waals surface area (Å²) in [6.45, 7) is 9.83. The molecule has 1 aromatic rings. The van der Waals surface area contributed by atoms with Crippen LogP contribution in [0.1, 0.15) is 52.0 Å². The van der Waals surface area contributed by atoms with E-state index in [4.69, 9.17) is 4.74 Å². The Morgan fingerprint density at radius 3 is 2.33 bits per heavy atom. The second kappa shape index (κ2) is 7.98. The topological polar surface area (TPSA) is 46.6 Å². The maximum Gasteiger partial charge on any atom is 0.243 e. The second-order valence-corrected chi connectivity index (χ2v) is 9.56. The highest BCUT2D eigenvalue weighted by Gasteiger charge is 2.35. The molecule has 1 aliphatic rings. The van der Waals surface area contributed by atoms with E-state index in [0.29, 0.717) is 29.9 Å². The fourth-order valence-electron chi connectivity index (χ4n) is 3.46. The first-order valence-electron chi connectivity index (χ1n) is 8.89. The maximum atomic E-state index is 13.0. The highest BCUT2D eigenvalue weighted by atomic mass is 32.2. The first-order valence-corrected chi connectivity index (χ1v) is 10.3. The monoisotopic (exact) mass is 353 g/mol. The van der Waals surface area contributed by atoms with Crippen LogP contribution in [0.3, 0.4) is 0 Å². The molecule has 2 atom stereocenters. The Hall–Kier alpha value is -0.910. The van der Waals surface area contributed by atoms with Crippen molar-refractivity contribution >= 4 is 10.0 Å². The number of hydrogen-bond donors (Lipinski definition) is 0. The molecule has 0 radical (unpaired) electrons. The van der Waals surface area contributed by atoms with Crippen LogP contribution in [0, 0.1) is 11.8 Å². The van der Waals surface area contributed by atoms with Gasteiger partial charge in [0.15, 0.2) is 0 Å². The van der Waals surface area contributed by atoms with Gasteiger partial charge in [0.05, 0.1) is 11.5 Å².